The third-order valence-electron chi connectivity index (χ3n) is 3.01. The minimum Gasteiger partial charge on any atom is -0.307 e. The van der Waals surface area contributed by atoms with Crippen LogP contribution in [-0.4, -0.2) is 11.0 Å². The second kappa shape index (κ2) is 5.46. The molecule has 86 valence electrons. The first-order chi connectivity index (χ1) is 7.77. The molecule has 0 aromatic carbocycles. The van der Waals surface area contributed by atoms with Crippen molar-refractivity contribution in [3.05, 3.63) is 41.2 Å². The van der Waals surface area contributed by atoms with Crippen LogP contribution in [-0.2, 0) is 0 Å². The zero-order valence-corrected chi connectivity index (χ0v) is 10.2. The molecule has 3 heteroatoms. The number of rotatable bonds is 3. The van der Waals surface area contributed by atoms with Gasteiger partial charge >= 0.3 is 0 Å². The highest BCUT2D eigenvalue weighted by atomic mass is 35.5. The molecule has 1 aliphatic rings. The molecule has 1 N–H and O–H groups in total. The van der Waals surface area contributed by atoms with Crippen molar-refractivity contribution in [2.24, 2.45) is 0 Å². The quantitative estimate of drug-likeness (QED) is 0.642. The van der Waals surface area contributed by atoms with Crippen molar-refractivity contribution < 1.29 is 0 Å². The second-order valence-corrected chi connectivity index (χ2v) is 4.61. The summed E-state index contributed by atoms with van der Waals surface area (Å²) in [7, 11) is 0. The molecule has 0 saturated heterocycles. The number of hydrogen-bond donors (Lipinski definition) is 1. The van der Waals surface area contributed by atoms with Crippen molar-refractivity contribution in [1.29, 1.82) is 0 Å². The number of nitrogens with one attached hydrogen (secondary N) is 1. The Balaban J connectivity index is 2.00. The number of allylic oxidation sites excluding steroid dienone is 1. The van der Waals surface area contributed by atoms with Crippen molar-refractivity contribution in [3.63, 3.8) is 0 Å². The number of hydrogen-bond acceptors (Lipinski definition) is 2. The molecule has 0 bridgehead atoms. The fraction of sp³-hybridized carbons (Fsp3) is 0.462. The van der Waals surface area contributed by atoms with Gasteiger partial charge in [0.2, 0.25) is 0 Å². The van der Waals surface area contributed by atoms with E-state index in [0.29, 0.717) is 11.2 Å². The fourth-order valence-electron chi connectivity index (χ4n) is 2.11. The van der Waals surface area contributed by atoms with E-state index in [4.69, 9.17) is 11.6 Å². The summed E-state index contributed by atoms with van der Waals surface area (Å²) in [5.41, 5.74) is 1.08. The van der Waals surface area contributed by atoms with Crippen LogP contribution in [0.3, 0.4) is 0 Å². The van der Waals surface area contributed by atoms with Crippen LogP contribution < -0.4 is 5.32 Å². The highest BCUT2D eigenvalue weighted by Crippen LogP contribution is 2.22. The highest BCUT2D eigenvalue weighted by molar-refractivity contribution is 6.30. The van der Waals surface area contributed by atoms with Gasteiger partial charge in [-0.25, -0.2) is 4.98 Å². The van der Waals surface area contributed by atoms with Gasteiger partial charge in [0.1, 0.15) is 5.15 Å². The maximum absolute atomic E-state index is 6.07. The predicted octanol–water partition coefficient (Wildman–Crippen LogP) is 3.49. The number of nitrogens with zero attached hydrogens (tertiary/aromatic N) is 1. The van der Waals surface area contributed by atoms with Gasteiger partial charge in [-0.2, -0.15) is 0 Å². The Morgan fingerprint density at radius 1 is 1.50 bits per heavy atom. The number of pyridine rings is 1. The Morgan fingerprint density at radius 3 is 3.06 bits per heavy atom. The molecule has 0 amide bonds. The summed E-state index contributed by atoms with van der Waals surface area (Å²) in [5, 5.41) is 4.21. The third-order valence-corrected chi connectivity index (χ3v) is 3.33. The van der Waals surface area contributed by atoms with Crippen molar-refractivity contribution in [1.82, 2.24) is 10.3 Å². The Hall–Kier alpha value is -0.860. The number of aromatic nitrogens is 1. The molecule has 2 nitrogen and oxygen atoms in total. The van der Waals surface area contributed by atoms with Gasteiger partial charge in [-0.3, -0.25) is 0 Å². The van der Waals surface area contributed by atoms with Gasteiger partial charge in [0, 0.05) is 23.8 Å². The molecular weight excluding hydrogens is 220 g/mol. The van der Waals surface area contributed by atoms with E-state index in [1.54, 1.807) is 6.20 Å². The molecule has 0 spiro atoms. The van der Waals surface area contributed by atoms with Crippen LogP contribution in [0.5, 0.6) is 0 Å². The SMILES string of the molecule is CC(NC1CC=CCC1)c1cccnc1Cl. The van der Waals surface area contributed by atoms with E-state index in [0.717, 1.165) is 12.0 Å². The molecule has 0 aliphatic heterocycles. The number of halogens is 1. The predicted molar refractivity (Wildman–Crippen MR) is 67.6 cm³/mol. The van der Waals surface area contributed by atoms with Gasteiger partial charge in [-0.05, 0) is 32.3 Å². The van der Waals surface area contributed by atoms with Crippen LogP contribution >= 0.6 is 11.6 Å². The molecule has 16 heavy (non-hydrogen) atoms. The molecule has 0 saturated carbocycles. The van der Waals surface area contributed by atoms with Crippen LogP contribution in [0.25, 0.3) is 0 Å². The lowest BCUT2D eigenvalue weighted by Crippen LogP contribution is -2.32. The molecule has 1 aromatic rings. The summed E-state index contributed by atoms with van der Waals surface area (Å²) in [6, 6.07) is 4.79. The molecule has 2 rings (SSSR count). The van der Waals surface area contributed by atoms with Crippen LogP contribution in [0.1, 0.15) is 37.8 Å². The summed E-state index contributed by atoms with van der Waals surface area (Å²) < 4.78 is 0. The molecule has 1 aromatic heterocycles. The summed E-state index contributed by atoms with van der Waals surface area (Å²) in [5.74, 6) is 0. The molecule has 2 atom stereocenters. The lowest BCUT2D eigenvalue weighted by molar-refractivity contribution is 0.425. The van der Waals surface area contributed by atoms with Crippen molar-refractivity contribution in [2.75, 3.05) is 0 Å². The van der Waals surface area contributed by atoms with Gasteiger partial charge < -0.3 is 5.32 Å². The Kier molecular flexibility index (Phi) is 3.97. The Morgan fingerprint density at radius 2 is 2.38 bits per heavy atom. The fourth-order valence-corrected chi connectivity index (χ4v) is 2.39. The smallest absolute Gasteiger partial charge is 0.133 e. The minimum atomic E-state index is 0.262. The van der Waals surface area contributed by atoms with E-state index in [1.807, 2.05) is 12.1 Å². The van der Waals surface area contributed by atoms with Crippen LogP contribution in [0.4, 0.5) is 0 Å². The molecule has 0 radical (unpaired) electrons. The highest BCUT2D eigenvalue weighted by Gasteiger charge is 2.15. The molecule has 1 heterocycles. The zero-order valence-electron chi connectivity index (χ0n) is 9.49. The standard InChI is InChI=1S/C13H17ClN2/c1-10(12-8-5-9-15-13(12)14)16-11-6-3-2-4-7-11/h2-3,5,8-11,16H,4,6-7H2,1H3. The second-order valence-electron chi connectivity index (χ2n) is 4.25. The van der Waals surface area contributed by atoms with Gasteiger partial charge in [0.05, 0.1) is 0 Å². The first-order valence-electron chi connectivity index (χ1n) is 5.79. The summed E-state index contributed by atoms with van der Waals surface area (Å²) in [4.78, 5) is 4.10. The van der Waals surface area contributed by atoms with Gasteiger partial charge in [-0.1, -0.05) is 29.8 Å². The topological polar surface area (TPSA) is 24.9 Å². The normalized spacial score (nSPS) is 22.0. The average Bonchev–Trinajstić information content (AvgIpc) is 2.31. The van der Waals surface area contributed by atoms with Crippen LogP contribution in [0, 0.1) is 0 Å². The molecule has 1 aliphatic carbocycles. The van der Waals surface area contributed by atoms with E-state index < -0.39 is 0 Å². The maximum atomic E-state index is 6.07. The third kappa shape index (κ3) is 2.83. The summed E-state index contributed by atoms with van der Waals surface area (Å²) in [6.07, 6.45) is 9.71. The summed E-state index contributed by atoms with van der Waals surface area (Å²) in [6.45, 7) is 2.14. The minimum absolute atomic E-state index is 0.262. The summed E-state index contributed by atoms with van der Waals surface area (Å²) >= 11 is 6.07. The van der Waals surface area contributed by atoms with E-state index in [9.17, 15) is 0 Å². The van der Waals surface area contributed by atoms with E-state index >= 15 is 0 Å². The van der Waals surface area contributed by atoms with Gasteiger partial charge in [0.25, 0.3) is 0 Å². The largest absolute Gasteiger partial charge is 0.307 e. The van der Waals surface area contributed by atoms with E-state index in [-0.39, 0.29) is 6.04 Å². The van der Waals surface area contributed by atoms with Gasteiger partial charge in [-0.15, -0.1) is 0 Å². The Labute approximate surface area is 102 Å². The van der Waals surface area contributed by atoms with Gasteiger partial charge in [0.15, 0.2) is 0 Å². The van der Waals surface area contributed by atoms with E-state index in [1.165, 1.54) is 12.8 Å². The van der Waals surface area contributed by atoms with Crippen molar-refractivity contribution >= 4 is 11.6 Å². The molecule has 2 unspecified atom stereocenters. The van der Waals surface area contributed by atoms with Crippen LogP contribution in [0.2, 0.25) is 5.15 Å². The lowest BCUT2D eigenvalue weighted by atomic mass is 10.00. The first kappa shape index (κ1) is 11.6. The maximum Gasteiger partial charge on any atom is 0.133 e. The van der Waals surface area contributed by atoms with Crippen LogP contribution in [0.15, 0.2) is 30.5 Å². The van der Waals surface area contributed by atoms with E-state index in [2.05, 4.69) is 29.4 Å². The van der Waals surface area contributed by atoms with Crippen molar-refractivity contribution in [3.8, 4) is 0 Å². The monoisotopic (exact) mass is 236 g/mol. The zero-order chi connectivity index (χ0) is 11.4. The lowest BCUT2D eigenvalue weighted by Gasteiger charge is -2.24. The van der Waals surface area contributed by atoms with Crippen molar-refractivity contribution in [2.45, 2.75) is 38.3 Å². The first-order valence-corrected chi connectivity index (χ1v) is 6.16. The molecular formula is C13H17ClN2. The average molecular weight is 237 g/mol. The Bertz CT molecular complexity index is 376. The molecule has 0 fully saturated rings.